The van der Waals surface area contributed by atoms with E-state index in [1.165, 1.54) is 0 Å². The van der Waals surface area contributed by atoms with Crippen LogP contribution in [0.5, 0.6) is 0 Å². The highest BCUT2D eigenvalue weighted by atomic mass is 19.4. The Kier molecular flexibility index (Phi) is 6.92. The molecule has 0 aliphatic rings. The van der Waals surface area contributed by atoms with Crippen LogP contribution in [0.1, 0.15) is 32.6 Å². The molecule has 0 aromatic heterocycles. The average molecular weight is 213 g/mol. The lowest BCUT2D eigenvalue weighted by atomic mass is 10.2. The number of rotatable bonds is 7. The zero-order valence-electron chi connectivity index (χ0n) is 8.44. The van der Waals surface area contributed by atoms with E-state index in [-0.39, 0.29) is 19.6 Å². The number of alkyl halides is 3. The van der Waals surface area contributed by atoms with Gasteiger partial charge in [-0.1, -0.05) is 19.8 Å². The van der Waals surface area contributed by atoms with Gasteiger partial charge in [0, 0.05) is 6.61 Å². The first-order valence-corrected chi connectivity index (χ1v) is 4.90. The highest BCUT2D eigenvalue weighted by Gasteiger charge is 2.39. The smallest absolute Gasteiger partial charge is 0.369 e. The molecule has 0 amide bonds. The normalized spacial score (nSPS) is 14.4. The van der Waals surface area contributed by atoms with Gasteiger partial charge in [0.05, 0.1) is 0 Å². The number of halogens is 3. The van der Waals surface area contributed by atoms with E-state index in [1.807, 2.05) is 6.92 Å². The van der Waals surface area contributed by atoms with E-state index < -0.39 is 12.3 Å². The first-order chi connectivity index (χ1) is 6.52. The lowest BCUT2D eigenvalue weighted by Gasteiger charge is -2.19. The molecular weight excluding hydrogens is 195 g/mol. The van der Waals surface area contributed by atoms with Gasteiger partial charge in [0.25, 0.3) is 0 Å². The van der Waals surface area contributed by atoms with Gasteiger partial charge in [0.1, 0.15) is 0 Å². The van der Waals surface area contributed by atoms with Crippen LogP contribution in [-0.2, 0) is 4.74 Å². The molecule has 0 aliphatic carbocycles. The number of unbranched alkanes of at least 4 members (excludes halogenated alkanes) is 2. The van der Waals surface area contributed by atoms with E-state index in [0.29, 0.717) is 6.42 Å². The monoisotopic (exact) mass is 213 g/mol. The van der Waals surface area contributed by atoms with Crippen molar-refractivity contribution in [2.45, 2.75) is 44.9 Å². The molecule has 0 spiro atoms. The first kappa shape index (κ1) is 13.7. The Labute approximate surface area is 82.6 Å². The van der Waals surface area contributed by atoms with Gasteiger partial charge in [-0.2, -0.15) is 13.2 Å². The van der Waals surface area contributed by atoms with E-state index in [4.69, 9.17) is 10.5 Å². The van der Waals surface area contributed by atoms with Crippen molar-refractivity contribution in [1.82, 2.24) is 0 Å². The van der Waals surface area contributed by atoms with Crippen LogP contribution >= 0.6 is 0 Å². The van der Waals surface area contributed by atoms with E-state index >= 15 is 0 Å². The van der Waals surface area contributed by atoms with Gasteiger partial charge < -0.3 is 10.5 Å². The van der Waals surface area contributed by atoms with Crippen LogP contribution in [0.3, 0.4) is 0 Å². The summed E-state index contributed by atoms with van der Waals surface area (Å²) < 4.78 is 41.5. The molecule has 0 aliphatic heterocycles. The van der Waals surface area contributed by atoms with Gasteiger partial charge in [-0.05, 0) is 19.4 Å². The number of ether oxygens (including phenoxy) is 1. The molecule has 0 heterocycles. The average Bonchev–Trinajstić information content (AvgIpc) is 2.08. The van der Waals surface area contributed by atoms with E-state index in [0.717, 1.165) is 12.8 Å². The van der Waals surface area contributed by atoms with Gasteiger partial charge in [-0.25, -0.2) is 0 Å². The Morgan fingerprint density at radius 3 is 2.36 bits per heavy atom. The zero-order valence-corrected chi connectivity index (χ0v) is 8.44. The third-order valence-corrected chi connectivity index (χ3v) is 1.86. The third kappa shape index (κ3) is 6.21. The van der Waals surface area contributed by atoms with Crippen molar-refractivity contribution >= 4 is 0 Å². The maximum absolute atomic E-state index is 12.2. The van der Waals surface area contributed by atoms with Crippen molar-refractivity contribution in [1.29, 1.82) is 0 Å². The van der Waals surface area contributed by atoms with Crippen LogP contribution in [0.2, 0.25) is 0 Å². The molecule has 14 heavy (non-hydrogen) atoms. The second-order valence-corrected chi connectivity index (χ2v) is 3.19. The minimum Gasteiger partial charge on any atom is -0.369 e. The molecule has 5 heteroatoms. The fraction of sp³-hybridized carbons (Fsp3) is 1.00. The molecular formula is C9H18F3NO. The van der Waals surface area contributed by atoms with Crippen LogP contribution in [-0.4, -0.2) is 25.4 Å². The number of hydrogen-bond donors (Lipinski definition) is 1. The number of nitrogens with two attached hydrogens (primary N) is 1. The fourth-order valence-corrected chi connectivity index (χ4v) is 1.07. The van der Waals surface area contributed by atoms with Crippen LogP contribution in [0.25, 0.3) is 0 Å². The highest BCUT2D eigenvalue weighted by Crippen LogP contribution is 2.25. The van der Waals surface area contributed by atoms with Crippen molar-refractivity contribution in [3.8, 4) is 0 Å². The van der Waals surface area contributed by atoms with Gasteiger partial charge in [0.2, 0.25) is 0 Å². The molecule has 0 rings (SSSR count). The highest BCUT2D eigenvalue weighted by molar-refractivity contribution is 4.67. The lowest BCUT2D eigenvalue weighted by molar-refractivity contribution is -0.221. The lowest BCUT2D eigenvalue weighted by Crippen LogP contribution is -2.34. The summed E-state index contributed by atoms with van der Waals surface area (Å²) in [7, 11) is 0. The Hall–Kier alpha value is -0.290. The van der Waals surface area contributed by atoms with Crippen molar-refractivity contribution in [2.75, 3.05) is 13.2 Å². The molecule has 0 aromatic rings. The Morgan fingerprint density at radius 1 is 1.29 bits per heavy atom. The maximum atomic E-state index is 12.2. The molecule has 86 valence electrons. The molecule has 0 aromatic carbocycles. The van der Waals surface area contributed by atoms with Gasteiger partial charge in [-0.3, -0.25) is 0 Å². The van der Waals surface area contributed by atoms with Gasteiger partial charge in [0.15, 0.2) is 6.10 Å². The van der Waals surface area contributed by atoms with Crippen molar-refractivity contribution in [2.24, 2.45) is 5.73 Å². The maximum Gasteiger partial charge on any atom is 0.414 e. The largest absolute Gasteiger partial charge is 0.414 e. The Morgan fingerprint density at radius 2 is 1.93 bits per heavy atom. The second-order valence-electron chi connectivity index (χ2n) is 3.19. The van der Waals surface area contributed by atoms with Gasteiger partial charge in [-0.15, -0.1) is 0 Å². The molecule has 0 saturated heterocycles. The summed E-state index contributed by atoms with van der Waals surface area (Å²) >= 11 is 0. The van der Waals surface area contributed by atoms with Crippen molar-refractivity contribution in [3.63, 3.8) is 0 Å². The molecule has 1 unspecified atom stereocenters. The summed E-state index contributed by atoms with van der Waals surface area (Å²) in [5.74, 6) is 0. The Balaban J connectivity index is 3.74. The summed E-state index contributed by atoms with van der Waals surface area (Å²) in [5.41, 5.74) is 5.08. The van der Waals surface area contributed by atoms with Crippen LogP contribution in [0.15, 0.2) is 0 Å². The number of hydrogen-bond acceptors (Lipinski definition) is 2. The minimum atomic E-state index is -4.29. The predicted octanol–water partition coefficient (Wildman–Crippen LogP) is 2.47. The van der Waals surface area contributed by atoms with E-state index in [1.54, 1.807) is 0 Å². The topological polar surface area (TPSA) is 35.2 Å². The molecule has 2 N–H and O–H groups in total. The quantitative estimate of drug-likeness (QED) is 0.659. The molecule has 0 fully saturated rings. The second kappa shape index (κ2) is 7.06. The molecule has 0 bridgehead atoms. The molecule has 2 nitrogen and oxygen atoms in total. The van der Waals surface area contributed by atoms with Crippen molar-refractivity contribution in [3.05, 3.63) is 0 Å². The molecule has 1 atom stereocenters. The summed E-state index contributed by atoms with van der Waals surface area (Å²) in [5, 5.41) is 0. The summed E-state index contributed by atoms with van der Waals surface area (Å²) in [6.07, 6.45) is -3.59. The van der Waals surface area contributed by atoms with E-state index in [2.05, 4.69) is 0 Å². The van der Waals surface area contributed by atoms with Crippen molar-refractivity contribution < 1.29 is 17.9 Å². The summed E-state index contributed by atoms with van der Waals surface area (Å²) in [6.45, 7) is 2.15. The van der Waals surface area contributed by atoms with E-state index in [9.17, 15) is 13.2 Å². The Bertz CT molecular complexity index is 139. The fourth-order valence-electron chi connectivity index (χ4n) is 1.07. The predicted molar refractivity (Wildman–Crippen MR) is 49.0 cm³/mol. The third-order valence-electron chi connectivity index (χ3n) is 1.86. The van der Waals surface area contributed by atoms with Crippen LogP contribution in [0, 0.1) is 0 Å². The summed E-state index contributed by atoms with van der Waals surface area (Å²) in [4.78, 5) is 0. The van der Waals surface area contributed by atoms with Crippen LogP contribution < -0.4 is 5.73 Å². The molecule has 0 saturated carbocycles. The summed E-state index contributed by atoms with van der Waals surface area (Å²) in [6, 6.07) is 0. The zero-order chi connectivity index (χ0) is 11.0. The minimum absolute atomic E-state index is 0.00203. The standard InChI is InChI=1S/C9H18F3NO/c1-2-3-4-7-14-8(5-6-13)9(10,11)12/h8H,2-7,13H2,1H3. The first-order valence-electron chi connectivity index (χ1n) is 4.90. The molecule has 0 radical (unpaired) electrons. The van der Waals surface area contributed by atoms with Gasteiger partial charge >= 0.3 is 6.18 Å². The SMILES string of the molecule is CCCCCOC(CCN)C(F)(F)F. The van der Waals surface area contributed by atoms with Crippen LogP contribution in [0.4, 0.5) is 13.2 Å².